The number of rotatable bonds is 1. The fourth-order valence-electron chi connectivity index (χ4n) is 2.24. The first kappa shape index (κ1) is 6.53. The maximum Gasteiger partial charge on any atom is 0.0578 e. The molecule has 1 aliphatic carbocycles. The van der Waals surface area contributed by atoms with Crippen LogP contribution >= 0.6 is 0 Å². The van der Waals surface area contributed by atoms with Crippen molar-refractivity contribution in [3.05, 3.63) is 30.3 Å². The predicted octanol–water partition coefficient (Wildman–Crippen LogP) is 2.43. The largest absolute Gasteiger partial charge is 0.362 e. The van der Waals surface area contributed by atoms with Crippen LogP contribution in [0.15, 0.2) is 30.3 Å². The van der Waals surface area contributed by atoms with Gasteiger partial charge in [-0.3, -0.25) is 0 Å². The van der Waals surface area contributed by atoms with E-state index in [1.165, 1.54) is 31.5 Å². The first-order valence-electron chi connectivity index (χ1n) is 4.73. The van der Waals surface area contributed by atoms with E-state index in [0.717, 1.165) is 0 Å². The van der Waals surface area contributed by atoms with E-state index in [2.05, 4.69) is 35.2 Å². The Kier molecular flexibility index (Phi) is 1.11. The minimum Gasteiger partial charge on any atom is -0.362 e. The number of nitrogens with zero attached hydrogens (tertiary/aromatic N) is 1. The summed E-state index contributed by atoms with van der Waals surface area (Å²) in [6.07, 6.45) is 4.27. The Bertz CT molecular complexity index is 287. The van der Waals surface area contributed by atoms with Gasteiger partial charge in [-0.15, -0.1) is 0 Å². The fraction of sp³-hybridized carbons (Fsp3) is 0.455. The average molecular weight is 159 g/mol. The topological polar surface area (TPSA) is 3.01 Å². The van der Waals surface area contributed by atoms with Gasteiger partial charge >= 0.3 is 0 Å². The van der Waals surface area contributed by atoms with Crippen molar-refractivity contribution in [2.45, 2.75) is 24.8 Å². The molecule has 12 heavy (non-hydrogen) atoms. The molecule has 0 amide bonds. The van der Waals surface area contributed by atoms with Crippen molar-refractivity contribution in [3.63, 3.8) is 0 Å². The van der Waals surface area contributed by atoms with Gasteiger partial charge in [0.25, 0.3) is 0 Å². The summed E-state index contributed by atoms with van der Waals surface area (Å²) in [6, 6.07) is 10.8. The highest BCUT2D eigenvalue weighted by molar-refractivity contribution is 5.58. The fourth-order valence-corrected chi connectivity index (χ4v) is 2.24. The van der Waals surface area contributed by atoms with Gasteiger partial charge in [0.2, 0.25) is 0 Å². The lowest BCUT2D eigenvalue weighted by Crippen LogP contribution is -2.26. The van der Waals surface area contributed by atoms with Gasteiger partial charge in [0, 0.05) is 12.2 Å². The number of para-hydroxylation sites is 1. The summed E-state index contributed by atoms with van der Waals surface area (Å²) in [5.74, 6) is 0. The normalized spacial score (nSPS) is 23.8. The van der Waals surface area contributed by atoms with E-state index in [9.17, 15) is 0 Å². The molecule has 2 fully saturated rings. The zero-order chi connectivity index (χ0) is 8.02. The van der Waals surface area contributed by atoms with Crippen LogP contribution in [0.3, 0.4) is 0 Å². The Morgan fingerprint density at radius 3 is 2.33 bits per heavy atom. The van der Waals surface area contributed by atoms with Crippen LogP contribution in [-0.4, -0.2) is 12.1 Å². The number of hydrogen-bond donors (Lipinski definition) is 0. The van der Waals surface area contributed by atoms with Crippen LogP contribution in [0, 0.1) is 0 Å². The van der Waals surface area contributed by atoms with Crippen LogP contribution in [0.1, 0.15) is 19.3 Å². The van der Waals surface area contributed by atoms with E-state index < -0.39 is 0 Å². The van der Waals surface area contributed by atoms with Crippen molar-refractivity contribution >= 4 is 5.69 Å². The number of benzene rings is 1. The van der Waals surface area contributed by atoms with Gasteiger partial charge in [-0.2, -0.15) is 0 Å². The average Bonchev–Trinajstić information content (AvgIpc) is 2.80. The van der Waals surface area contributed by atoms with Crippen LogP contribution in [0.5, 0.6) is 0 Å². The van der Waals surface area contributed by atoms with Gasteiger partial charge in [0.1, 0.15) is 0 Å². The summed E-state index contributed by atoms with van der Waals surface area (Å²) < 4.78 is 0. The Morgan fingerprint density at radius 1 is 1.08 bits per heavy atom. The van der Waals surface area contributed by atoms with E-state index in [0.29, 0.717) is 5.54 Å². The molecular weight excluding hydrogens is 146 g/mol. The van der Waals surface area contributed by atoms with Crippen molar-refractivity contribution in [2.24, 2.45) is 0 Å². The van der Waals surface area contributed by atoms with E-state index in [4.69, 9.17) is 0 Å². The van der Waals surface area contributed by atoms with Crippen LogP contribution in [0.25, 0.3) is 0 Å². The van der Waals surface area contributed by atoms with Gasteiger partial charge in [-0.1, -0.05) is 18.2 Å². The van der Waals surface area contributed by atoms with Crippen LogP contribution in [-0.2, 0) is 0 Å². The first-order valence-corrected chi connectivity index (χ1v) is 4.73. The monoisotopic (exact) mass is 159 g/mol. The second kappa shape index (κ2) is 2.03. The van der Waals surface area contributed by atoms with Crippen molar-refractivity contribution in [2.75, 3.05) is 11.4 Å². The molecule has 0 aromatic heterocycles. The summed E-state index contributed by atoms with van der Waals surface area (Å²) >= 11 is 0. The van der Waals surface area contributed by atoms with E-state index >= 15 is 0 Å². The maximum atomic E-state index is 2.54. The highest BCUT2D eigenvalue weighted by atomic mass is 15.4. The first-order chi connectivity index (χ1) is 5.91. The molecule has 1 heterocycles. The number of hydrogen-bond acceptors (Lipinski definition) is 1. The van der Waals surface area contributed by atoms with Gasteiger partial charge in [0.05, 0.1) is 5.54 Å². The second-order valence-electron chi connectivity index (χ2n) is 4.00. The third-order valence-electron chi connectivity index (χ3n) is 3.27. The Morgan fingerprint density at radius 2 is 1.83 bits per heavy atom. The molecule has 2 aliphatic rings. The minimum atomic E-state index is 0.626. The van der Waals surface area contributed by atoms with Crippen LogP contribution < -0.4 is 4.90 Å². The third kappa shape index (κ3) is 0.739. The molecule has 1 aliphatic heterocycles. The zero-order valence-electron chi connectivity index (χ0n) is 7.16. The summed E-state index contributed by atoms with van der Waals surface area (Å²) in [6.45, 7) is 1.30. The molecule has 1 saturated heterocycles. The SMILES string of the molecule is c1ccc(N2CC23CCC3)cc1. The molecule has 0 N–H and O–H groups in total. The van der Waals surface area contributed by atoms with Crippen molar-refractivity contribution in [3.8, 4) is 0 Å². The van der Waals surface area contributed by atoms with Crippen molar-refractivity contribution < 1.29 is 0 Å². The van der Waals surface area contributed by atoms with Gasteiger partial charge in [-0.05, 0) is 31.4 Å². The smallest absolute Gasteiger partial charge is 0.0578 e. The van der Waals surface area contributed by atoms with E-state index in [1.54, 1.807) is 0 Å². The molecule has 0 unspecified atom stereocenters. The molecule has 1 saturated carbocycles. The van der Waals surface area contributed by atoms with Crippen molar-refractivity contribution in [1.82, 2.24) is 0 Å². The predicted molar refractivity (Wildman–Crippen MR) is 50.4 cm³/mol. The summed E-state index contributed by atoms with van der Waals surface area (Å²) in [7, 11) is 0. The molecule has 0 radical (unpaired) electrons. The maximum absolute atomic E-state index is 2.54. The zero-order valence-corrected chi connectivity index (χ0v) is 7.16. The highest BCUT2D eigenvalue weighted by Crippen LogP contribution is 2.51. The molecule has 62 valence electrons. The Hall–Kier alpha value is -0.980. The summed E-state index contributed by atoms with van der Waals surface area (Å²) in [4.78, 5) is 2.54. The Balaban J connectivity index is 1.85. The van der Waals surface area contributed by atoms with E-state index in [-0.39, 0.29) is 0 Å². The molecule has 1 nitrogen and oxygen atoms in total. The molecule has 0 atom stereocenters. The third-order valence-corrected chi connectivity index (χ3v) is 3.27. The number of anilines is 1. The Labute approximate surface area is 73.0 Å². The van der Waals surface area contributed by atoms with Gasteiger partial charge in [0.15, 0.2) is 0 Å². The lowest BCUT2D eigenvalue weighted by Gasteiger charge is -2.26. The molecular formula is C11H13N. The molecule has 1 aromatic rings. The van der Waals surface area contributed by atoms with Gasteiger partial charge < -0.3 is 4.90 Å². The van der Waals surface area contributed by atoms with Crippen molar-refractivity contribution in [1.29, 1.82) is 0 Å². The lowest BCUT2D eigenvalue weighted by molar-refractivity contribution is 0.393. The molecule has 1 aromatic carbocycles. The van der Waals surface area contributed by atoms with Crippen LogP contribution in [0.2, 0.25) is 0 Å². The second-order valence-corrected chi connectivity index (χ2v) is 4.00. The molecule has 0 bridgehead atoms. The minimum absolute atomic E-state index is 0.626. The van der Waals surface area contributed by atoms with E-state index in [1.807, 2.05) is 0 Å². The summed E-state index contributed by atoms with van der Waals surface area (Å²) in [5, 5.41) is 0. The van der Waals surface area contributed by atoms with Crippen LogP contribution in [0.4, 0.5) is 5.69 Å². The quantitative estimate of drug-likeness (QED) is 0.569. The van der Waals surface area contributed by atoms with Gasteiger partial charge in [-0.25, -0.2) is 0 Å². The molecule has 1 heteroatoms. The standard InChI is InChI=1S/C11H13N/c1-2-5-10(6-3-1)12-9-11(12)7-4-8-11/h1-3,5-6H,4,7-9H2. The molecule has 1 spiro atoms. The lowest BCUT2D eigenvalue weighted by atomic mass is 9.85. The highest BCUT2D eigenvalue weighted by Gasteiger charge is 2.55. The summed E-state index contributed by atoms with van der Waals surface area (Å²) in [5.41, 5.74) is 2.04. The molecule has 3 rings (SSSR count).